The quantitative estimate of drug-likeness (QED) is 0.211. The molecule has 0 saturated carbocycles. The van der Waals surface area contributed by atoms with Gasteiger partial charge in [-0.3, -0.25) is 9.59 Å². The molecule has 0 atom stereocenters. The lowest BCUT2D eigenvalue weighted by molar-refractivity contribution is 0.0925. The third kappa shape index (κ3) is 5.79. The number of hydrogen-bond donors (Lipinski definition) is 4. The molecule has 1 heterocycles. The second kappa shape index (κ2) is 10.8. The summed E-state index contributed by atoms with van der Waals surface area (Å²) in [5.74, 6) is -0.966. The standard InChI is InChI=1S/C23H26BN3O6/c1-3-27(4-2)18-10-7-16-13-19(23(30)33-20(16)14-18)22(29)26-12-11-25-21(28)15-5-8-17(9-6-15)24(31)32/h5-10,13-14,31-32H,3-4,11-12H2,1-2H3,(H,25,28)(H,26,29). The van der Waals surface area contributed by atoms with Gasteiger partial charge in [0.25, 0.3) is 11.8 Å². The molecule has 0 radical (unpaired) electrons. The van der Waals surface area contributed by atoms with E-state index < -0.39 is 18.7 Å². The summed E-state index contributed by atoms with van der Waals surface area (Å²) in [5.41, 5.74) is 1.12. The van der Waals surface area contributed by atoms with Gasteiger partial charge in [0.1, 0.15) is 11.1 Å². The number of carbonyl (C=O) groups excluding carboxylic acids is 2. The first-order chi connectivity index (χ1) is 15.8. The van der Waals surface area contributed by atoms with Gasteiger partial charge in [0.2, 0.25) is 0 Å². The molecule has 0 aliphatic carbocycles. The van der Waals surface area contributed by atoms with Gasteiger partial charge in [-0.2, -0.15) is 0 Å². The predicted octanol–water partition coefficient (Wildman–Crippen LogP) is 0.479. The van der Waals surface area contributed by atoms with Gasteiger partial charge >= 0.3 is 12.7 Å². The highest BCUT2D eigenvalue weighted by Gasteiger charge is 2.15. The van der Waals surface area contributed by atoms with Gasteiger partial charge in [-0.1, -0.05) is 12.1 Å². The first kappa shape index (κ1) is 24.0. The molecule has 33 heavy (non-hydrogen) atoms. The van der Waals surface area contributed by atoms with Crippen LogP contribution in [0, 0.1) is 0 Å². The van der Waals surface area contributed by atoms with Crippen molar-refractivity contribution in [3.05, 3.63) is 70.1 Å². The van der Waals surface area contributed by atoms with Crippen molar-refractivity contribution in [2.45, 2.75) is 13.8 Å². The van der Waals surface area contributed by atoms with Gasteiger partial charge in [0.15, 0.2) is 0 Å². The molecule has 0 unspecified atom stereocenters. The van der Waals surface area contributed by atoms with E-state index in [0.717, 1.165) is 18.8 Å². The van der Waals surface area contributed by atoms with Gasteiger partial charge in [-0.05, 0) is 49.6 Å². The largest absolute Gasteiger partial charge is 0.488 e. The summed E-state index contributed by atoms with van der Waals surface area (Å²) in [6.45, 7) is 5.97. The van der Waals surface area contributed by atoms with Crippen LogP contribution < -0.4 is 26.6 Å². The number of fused-ring (bicyclic) bond motifs is 1. The lowest BCUT2D eigenvalue weighted by Crippen LogP contribution is -2.36. The summed E-state index contributed by atoms with van der Waals surface area (Å²) in [5, 5.41) is 24.1. The molecule has 0 fully saturated rings. The van der Waals surface area contributed by atoms with E-state index in [1.165, 1.54) is 30.3 Å². The van der Waals surface area contributed by atoms with Crippen molar-refractivity contribution in [1.82, 2.24) is 10.6 Å². The van der Waals surface area contributed by atoms with Gasteiger partial charge in [0, 0.05) is 48.9 Å². The zero-order valence-corrected chi connectivity index (χ0v) is 18.5. The molecule has 2 amide bonds. The number of carbonyl (C=O) groups is 2. The second-order valence-electron chi connectivity index (χ2n) is 7.35. The zero-order chi connectivity index (χ0) is 24.0. The molecule has 0 bridgehead atoms. The Kier molecular flexibility index (Phi) is 7.86. The van der Waals surface area contributed by atoms with E-state index in [1.54, 1.807) is 6.07 Å². The van der Waals surface area contributed by atoms with Gasteiger partial charge in [-0.25, -0.2) is 4.79 Å². The molecule has 1 aromatic heterocycles. The Labute approximate surface area is 191 Å². The van der Waals surface area contributed by atoms with E-state index in [2.05, 4.69) is 15.5 Å². The van der Waals surface area contributed by atoms with Crippen molar-refractivity contribution in [2.24, 2.45) is 0 Å². The zero-order valence-electron chi connectivity index (χ0n) is 18.5. The molecular formula is C23H26BN3O6. The van der Waals surface area contributed by atoms with Crippen molar-refractivity contribution in [1.29, 1.82) is 0 Å². The van der Waals surface area contributed by atoms with Crippen LogP contribution in [0.1, 0.15) is 34.6 Å². The average molecular weight is 451 g/mol. The highest BCUT2D eigenvalue weighted by atomic mass is 16.4. The molecule has 3 rings (SSSR count). The number of nitrogens with one attached hydrogen (secondary N) is 2. The van der Waals surface area contributed by atoms with Gasteiger partial charge in [0.05, 0.1) is 0 Å². The minimum absolute atomic E-state index is 0.108. The lowest BCUT2D eigenvalue weighted by Gasteiger charge is -2.21. The van der Waals surface area contributed by atoms with Crippen molar-refractivity contribution in [3.8, 4) is 0 Å². The number of rotatable bonds is 9. The summed E-state index contributed by atoms with van der Waals surface area (Å²) in [6, 6.07) is 12.8. The Morgan fingerprint density at radius 2 is 1.58 bits per heavy atom. The first-order valence-corrected chi connectivity index (χ1v) is 10.7. The highest BCUT2D eigenvalue weighted by molar-refractivity contribution is 6.58. The van der Waals surface area contributed by atoms with Crippen molar-refractivity contribution < 1.29 is 24.1 Å². The maximum absolute atomic E-state index is 12.5. The third-order valence-corrected chi connectivity index (χ3v) is 5.26. The molecule has 10 heteroatoms. The fourth-order valence-corrected chi connectivity index (χ4v) is 3.40. The van der Waals surface area contributed by atoms with Crippen LogP contribution in [0.2, 0.25) is 0 Å². The van der Waals surface area contributed by atoms with Crippen LogP contribution in [0.5, 0.6) is 0 Å². The minimum atomic E-state index is -1.60. The molecule has 2 aromatic carbocycles. The summed E-state index contributed by atoms with van der Waals surface area (Å²) >= 11 is 0. The molecule has 0 saturated heterocycles. The minimum Gasteiger partial charge on any atom is -0.423 e. The lowest BCUT2D eigenvalue weighted by atomic mass is 9.80. The number of benzene rings is 2. The van der Waals surface area contributed by atoms with Gasteiger partial charge < -0.3 is 30.0 Å². The predicted molar refractivity (Wildman–Crippen MR) is 127 cm³/mol. The Hall–Kier alpha value is -3.63. The smallest absolute Gasteiger partial charge is 0.423 e. The number of amides is 2. The summed E-state index contributed by atoms with van der Waals surface area (Å²) in [7, 11) is -1.60. The van der Waals surface area contributed by atoms with E-state index in [9.17, 15) is 14.4 Å². The SMILES string of the molecule is CCN(CC)c1ccc2cc(C(=O)NCCNC(=O)c3ccc(B(O)O)cc3)c(=O)oc2c1. The number of hydrogen-bond acceptors (Lipinski definition) is 7. The molecule has 0 aliphatic heterocycles. The summed E-state index contributed by atoms with van der Waals surface area (Å²) in [6.07, 6.45) is 0. The Balaban J connectivity index is 1.59. The van der Waals surface area contributed by atoms with E-state index in [0.29, 0.717) is 16.5 Å². The van der Waals surface area contributed by atoms with E-state index in [4.69, 9.17) is 14.5 Å². The normalized spacial score (nSPS) is 10.7. The Bertz CT molecular complexity index is 1190. The molecule has 4 N–H and O–H groups in total. The van der Waals surface area contributed by atoms with Crippen molar-refractivity contribution in [3.63, 3.8) is 0 Å². The first-order valence-electron chi connectivity index (χ1n) is 10.7. The topological polar surface area (TPSA) is 132 Å². The van der Waals surface area contributed by atoms with Crippen molar-refractivity contribution >= 4 is 41.1 Å². The van der Waals surface area contributed by atoms with E-state index in [-0.39, 0.29) is 30.0 Å². The van der Waals surface area contributed by atoms with Crippen LogP contribution >= 0.6 is 0 Å². The fraction of sp³-hybridized carbons (Fsp3) is 0.261. The van der Waals surface area contributed by atoms with Crippen LogP contribution in [-0.2, 0) is 0 Å². The van der Waals surface area contributed by atoms with Crippen LogP contribution in [-0.4, -0.2) is 55.2 Å². The summed E-state index contributed by atoms with van der Waals surface area (Å²) < 4.78 is 5.37. The summed E-state index contributed by atoms with van der Waals surface area (Å²) in [4.78, 5) is 39.1. The third-order valence-electron chi connectivity index (χ3n) is 5.26. The van der Waals surface area contributed by atoms with Crippen LogP contribution in [0.25, 0.3) is 11.0 Å². The van der Waals surface area contributed by atoms with E-state index >= 15 is 0 Å². The second-order valence-corrected chi connectivity index (χ2v) is 7.35. The average Bonchev–Trinajstić information content (AvgIpc) is 2.81. The molecule has 0 aliphatic rings. The molecule has 0 spiro atoms. The molecule has 172 valence electrons. The van der Waals surface area contributed by atoms with Crippen LogP contribution in [0.3, 0.4) is 0 Å². The highest BCUT2D eigenvalue weighted by Crippen LogP contribution is 2.21. The monoisotopic (exact) mass is 451 g/mol. The maximum Gasteiger partial charge on any atom is 0.488 e. The van der Waals surface area contributed by atoms with E-state index in [1.807, 2.05) is 26.0 Å². The molecule has 9 nitrogen and oxygen atoms in total. The van der Waals surface area contributed by atoms with Crippen LogP contribution in [0.4, 0.5) is 5.69 Å². The van der Waals surface area contributed by atoms with Gasteiger partial charge in [-0.15, -0.1) is 0 Å². The van der Waals surface area contributed by atoms with Crippen molar-refractivity contribution in [2.75, 3.05) is 31.1 Å². The number of anilines is 1. The Morgan fingerprint density at radius 3 is 2.18 bits per heavy atom. The Morgan fingerprint density at radius 1 is 0.939 bits per heavy atom. The fourth-order valence-electron chi connectivity index (χ4n) is 3.40. The maximum atomic E-state index is 12.5. The number of nitrogens with zero attached hydrogens (tertiary/aromatic N) is 1. The molecular weight excluding hydrogens is 425 g/mol. The van der Waals surface area contributed by atoms with Crippen LogP contribution in [0.15, 0.2) is 57.7 Å². The molecule has 3 aromatic rings.